The minimum absolute atomic E-state index is 0.164. The number of benzene rings is 1. The number of halogens is 1. The summed E-state index contributed by atoms with van der Waals surface area (Å²) in [5.74, 6) is 0.661. The number of ether oxygens (including phenoxy) is 1. The van der Waals surface area contributed by atoms with Crippen LogP contribution in [0.15, 0.2) is 34.5 Å². The molecule has 0 saturated heterocycles. The van der Waals surface area contributed by atoms with Gasteiger partial charge in [0.1, 0.15) is 5.01 Å². The molecule has 0 fully saturated rings. The second-order valence-corrected chi connectivity index (χ2v) is 6.71. The van der Waals surface area contributed by atoms with Gasteiger partial charge in [0.05, 0.1) is 24.5 Å². The van der Waals surface area contributed by atoms with Crippen molar-refractivity contribution in [3.63, 3.8) is 0 Å². The molecule has 3 nitrogen and oxygen atoms in total. The van der Waals surface area contributed by atoms with E-state index < -0.39 is 0 Å². The number of carbonyl (C=O) groups excluding carboxylic acids is 1. The van der Waals surface area contributed by atoms with Crippen molar-refractivity contribution in [2.75, 3.05) is 6.61 Å². The van der Waals surface area contributed by atoms with E-state index >= 15 is 0 Å². The summed E-state index contributed by atoms with van der Waals surface area (Å²) in [4.78, 5) is 17.0. The van der Waals surface area contributed by atoms with Crippen LogP contribution in [-0.2, 0) is 21.7 Å². The van der Waals surface area contributed by atoms with Gasteiger partial charge in [-0.2, -0.15) is 0 Å². The van der Waals surface area contributed by atoms with Crippen LogP contribution in [0.4, 0.5) is 0 Å². The Morgan fingerprint density at radius 3 is 2.86 bits per heavy atom. The van der Waals surface area contributed by atoms with Gasteiger partial charge in [-0.05, 0) is 31.2 Å². The van der Waals surface area contributed by atoms with Crippen molar-refractivity contribution in [2.24, 2.45) is 0 Å². The Morgan fingerprint density at radius 1 is 1.38 bits per heavy atom. The predicted octanol–water partition coefficient (Wildman–Crippen LogP) is 4.58. The standard InChI is InChI=1S/C15H16ClNO2S2/c1-2-19-15(18)8-5-12-9-21-14(17-12)10-20-13-6-3-11(16)4-7-13/h3-4,6-7,9H,2,5,8,10H2,1H3. The maximum atomic E-state index is 11.3. The van der Waals surface area contributed by atoms with Gasteiger partial charge >= 0.3 is 5.97 Å². The van der Waals surface area contributed by atoms with E-state index in [0.29, 0.717) is 19.4 Å². The number of hydrogen-bond acceptors (Lipinski definition) is 5. The lowest BCUT2D eigenvalue weighted by Crippen LogP contribution is -2.05. The first-order valence-corrected chi connectivity index (χ1v) is 8.89. The van der Waals surface area contributed by atoms with E-state index in [0.717, 1.165) is 21.5 Å². The SMILES string of the molecule is CCOC(=O)CCc1csc(CSc2ccc(Cl)cc2)n1. The van der Waals surface area contributed by atoms with Gasteiger partial charge < -0.3 is 4.74 Å². The van der Waals surface area contributed by atoms with Crippen molar-refractivity contribution < 1.29 is 9.53 Å². The third-order valence-electron chi connectivity index (χ3n) is 2.67. The molecule has 0 aliphatic carbocycles. The van der Waals surface area contributed by atoms with Crippen LogP contribution in [0.3, 0.4) is 0 Å². The van der Waals surface area contributed by atoms with E-state index in [1.165, 1.54) is 4.90 Å². The fourth-order valence-electron chi connectivity index (χ4n) is 1.67. The maximum Gasteiger partial charge on any atom is 0.306 e. The van der Waals surface area contributed by atoms with Gasteiger partial charge in [-0.3, -0.25) is 4.79 Å². The smallest absolute Gasteiger partial charge is 0.306 e. The molecule has 0 N–H and O–H groups in total. The van der Waals surface area contributed by atoms with Gasteiger partial charge in [0.25, 0.3) is 0 Å². The first-order chi connectivity index (χ1) is 10.2. The van der Waals surface area contributed by atoms with Crippen LogP contribution in [0, 0.1) is 0 Å². The number of esters is 1. The third kappa shape index (κ3) is 5.69. The van der Waals surface area contributed by atoms with Crippen LogP contribution in [0.25, 0.3) is 0 Å². The van der Waals surface area contributed by atoms with Crippen molar-refractivity contribution in [3.8, 4) is 0 Å². The summed E-state index contributed by atoms with van der Waals surface area (Å²) in [6.07, 6.45) is 1.03. The molecule has 0 amide bonds. The number of nitrogens with zero attached hydrogens (tertiary/aromatic N) is 1. The van der Waals surface area contributed by atoms with Crippen LogP contribution in [-0.4, -0.2) is 17.6 Å². The lowest BCUT2D eigenvalue weighted by Gasteiger charge is -2.00. The Balaban J connectivity index is 1.80. The monoisotopic (exact) mass is 341 g/mol. The zero-order valence-corrected chi connectivity index (χ0v) is 14.1. The Bertz CT molecular complexity index is 584. The Hall–Kier alpha value is -1.04. The molecule has 0 aliphatic heterocycles. The molecule has 21 heavy (non-hydrogen) atoms. The molecule has 2 aromatic rings. The molecule has 0 spiro atoms. The number of thiazole rings is 1. The molecule has 6 heteroatoms. The molecule has 0 saturated carbocycles. The van der Waals surface area contributed by atoms with Crippen molar-refractivity contribution in [3.05, 3.63) is 45.4 Å². The van der Waals surface area contributed by atoms with E-state index in [9.17, 15) is 4.79 Å². The zero-order valence-electron chi connectivity index (χ0n) is 11.7. The number of rotatable bonds is 7. The second kappa shape index (κ2) is 8.41. The summed E-state index contributed by atoms with van der Waals surface area (Å²) in [5.41, 5.74) is 0.958. The molecule has 2 rings (SSSR count). The average Bonchev–Trinajstić information content (AvgIpc) is 2.93. The quantitative estimate of drug-likeness (QED) is 0.545. The minimum atomic E-state index is -0.164. The number of carbonyl (C=O) groups is 1. The van der Waals surface area contributed by atoms with Crippen molar-refractivity contribution >= 4 is 40.7 Å². The molecule has 0 radical (unpaired) electrons. The highest BCUT2D eigenvalue weighted by Crippen LogP contribution is 2.25. The Labute approximate surface area is 137 Å². The summed E-state index contributed by atoms with van der Waals surface area (Å²) in [6, 6.07) is 7.78. The molecule has 1 aromatic heterocycles. The lowest BCUT2D eigenvalue weighted by atomic mass is 10.2. The van der Waals surface area contributed by atoms with Crippen LogP contribution in [0.5, 0.6) is 0 Å². The predicted molar refractivity (Wildman–Crippen MR) is 88.1 cm³/mol. The summed E-state index contributed by atoms with van der Waals surface area (Å²) in [5, 5.41) is 3.82. The van der Waals surface area contributed by atoms with Gasteiger partial charge in [0.2, 0.25) is 0 Å². The van der Waals surface area contributed by atoms with E-state index in [1.54, 1.807) is 23.1 Å². The van der Waals surface area contributed by atoms with Crippen LogP contribution in [0.1, 0.15) is 24.0 Å². The minimum Gasteiger partial charge on any atom is -0.466 e. The fourth-order valence-corrected chi connectivity index (χ4v) is 3.54. The molecule has 1 heterocycles. The van der Waals surface area contributed by atoms with Crippen LogP contribution < -0.4 is 0 Å². The molecule has 0 aliphatic rings. The normalized spacial score (nSPS) is 10.6. The van der Waals surface area contributed by atoms with Gasteiger partial charge in [0, 0.05) is 21.7 Å². The number of thioether (sulfide) groups is 1. The Kier molecular flexibility index (Phi) is 6.54. The van der Waals surface area contributed by atoms with Crippen molar-refractivity contribution in [2.45, 2.75) is 30.4 Å². The highest BCUT2D eigenvalue weighted by atomic mass is 35.5. The van der Waals surface area contributed by atoms with Crippen molar-refractivity contribution in [1.82, 2.24) is 4.98 Å². The van der Waals surface area contributed by atoms with Crippen LogP contribution >= 0.6 is 34.7 Å². The average molecular weight is 342 g/mol. The molecule has 0 atom stereocenters. The largest absolute Gasteiger partial charge is 0.466 e. The summed E-state index contributed by atoms with van der Waals surface area (Å²) in [6.45, 7) is 2.24. The highest BCUT2D eigenvalue weighted by molar-refractivity contribution is 7.98. The first-order valence-electron chi connectivity index (χ1n) is 6.64. The van der Waals surface area contributed by atoms with E-state index in [1.807, 2.05) is 36.6 Å². The van der Waals surface area contributed by atoms with Gasteiger partial charge in [-0.25, -0.2) is 4.98 Å². The fraction of sp³-hybridized carbons (Fsp3) is 0.333. The molecule has 112 valence electrons. The second-order valence-electron chi connectivity index (χ2n) is 4.28. The topological polar surface area (TPSA) is 39.2 Å². The van der Waals surface area contributed by atoms with E-state index in [-0.39, 0.29) is 5.97 Å². The maximum absolute atomic E-state index is 11.3. The molecule has 0 bridgehead atoms. The first kappa shape index (κ1) is 16.3. The number of hydrogen-bond donors (Lipinski definition) is 0. The number of aromatic nitrogens is 1. The lowest BCUT2D eigenvalue weighted by molar-refractivity contribution is -0.143. The van der Waals surface area contributed by atoms with Crippen LogP contribution in [0.2, 0.25) is 5.02 Å². The summed E-state index contributed by atoms with van der Waals surface area (Å²) < 4.78 is 4.91. The summed E-state index contributed by atoms with van der Waals surface area (Å²) >= 11 is 9.21. The molecule has 1 aromatic carbocycles. The van der Waals surface area contributed by atoms with Gasteiger partial charge in [-0.15, -0.1) is 23.1 Å². The van der Waals surface area contributed by atoms with Gasteiger partial charge in [-0.1, -0.05) is 11.6 Å². The van der Waals surface area contributed by atoms with Gasteiger partial charge in [0.15, 0.2) is 0 Å². The summed E-state index contributed by atoms with van der Waals surface area (Å²) in [7, 11) is 0. The Morgan fingerprint density at radius 2 is 2.14 bits per heavy atom. The molecule has 0 unspecified atom stereocenters. The molecular weight excluding hydrogens is 326 g/mol. The van der Waals surface area contributed by atoms with E-state index in [4.69, 9.17) is 16.3 Å². The molecular formula is C15H16ClNO2S2. The third-order valence-corrected chi connectivity index (χ3v) is 5.02. The highest BCUT2D eigenvalue weighted by Gasteiger charge is 2.07. The van der Waals surface area contributed by atoms with Crippen molar-refractivity contribution in [1.29, 1.82) is 0 Å². The van der Waals surface area contributed by atoms with E-state index in [2.05, 4.69) is 4.98 Å². The zero-order chi connectivity index (χ0) is 15.1. The number of aryl methyl sites for hydroxylation is 1.